The van der Waals surface area contributed by atoms with Gasteiger partial charge in [-0.05, 0) is 24.7 Å². The van der Waals surface area contributed by atoms with Crippen LogP contribution in [0.1, 0.15) is 39.5 Å². The maximum atomic E-state index is 8.82. The van der Waals surface area contributed by atoms with Crippen molar-refractivity contribution >= 4 is 0 Å². The minimum Gasteiger partial charge on any atom is -0.198 e. The Balaban J connectivity index is 2.46. The van der Waals surface area contributed by atoms with Gasteiger partial charge in [-0.25, -0.2) is 0 Å². The SMILES string of the molecule is CCC1CCC(C)C(C#N)C1. The van der Waals surface area contributed by atoms with Crippen molar-refractivity contribution in [3.63, 3.8) is 0 Å². The van der Waals surface area contributed by atoms with Crippen molar-refractivity contribution in [1.29, 1.82) is 5.26 Å². The highest BCUT2D eigenvalue weighted by atomic mass is 14.3. The van der Waals surface area contributed by atoms with E-state index in [0.29, 0.717) is 11.8 Å². The van der Waals surface area contributed by atoms with Gasteiger partial charge < -0.3 is 0 Å². The molecule has 0 bridgehead atoms. The van der Waals surface area contributed by atoms with Crippen molar-refractivity contribution in [1.82, 2.24) is 0 Å². The molecule has 1 saturated carbocycles. The topological polar surface area (TPSA) is 23.8 Å². The smallest absolute Gasteiger partial charge is 0.0658 e. The molecule has 0 spiro atoms. The molecule has 1 heteroatoms. The van der Waals surface area contributed by atoms with E-state index < -0.39 is 0 Å². The zero-order chi connectivity index (χ0) is 8.27. The Labute approximate surface area is 69.4 Å². The monoisotopic (exact) mass is 151 g/mol. The predicted molar refractivity (Wildman–Crippen MR) is 45.9 cm³/mol. The van der Waals surface area contributed by atoms with Crippen molar-refractivity contribution in [3.05, 3.63) is 0 Å². The van der Waals surface area contributed by atoms with Crippen LogP contribution < -0.4 is 0 Å². The molecule has 1 aliphatic carbocycles. The molecule has 0 aromatic carbocycles. The second-order valence-electron chi connectivity index (χ2n) is 3.80. The standard InChI is InChI=1S/C10H17N/c1-3-9-5-4-8(2)10(6-9)7-11/h8-10H,3-6H2,1-2H3. The molecule has 0 radical (unpaired) electrons. The molecule has 0 N–H and O–H groups in total. The van der Waals surface area contributed by atoms with Crippen molar-refractivity contribution in [2.75, 3.05) is 0 Å². The van der Waals surface area contributed by atoms with Gasteiger partial charge in [0.2, 0.25) is 0 Å². The molecular formula is C10H17N. The average Bonchev–Trinajstić information content (AvgIpc) is 2.05. The normalized spacial score (nSPS) is 38.1. The average molecular weight is 151 g/mol. The summed E-state index contributed by atoms with van der Waals surface area (Å²) in [6.07, 6.45) is 5.01. The third-order valence-electron chi connectivity index (χ3n) is 3.05. The summed E-state index contributed by atoms with van der Waals surface area (Å²) in [5.74, 6) is 1.81. The summed E-state index contributed by atoms with van der Waals surface area (Å²) in [5, 5.41) is 8.82. The van der Waals surface area contributed by atoms with E-state index in [1.54, 1.807) is 0 Å². The Morgan fingerprint density at radius 2 is 2.18 bits per heavy atom. The summed E-state index contributed by atoms with van der Waals surface area (Å²) < 4.78 is 0. The van der Waals surface area contributed by atoms with Crippen molar-refractivity contribution in [3.8, 4) is 6.07 Å². The lowest BCUT2D eigenvalue weighted by molar-refractivity contribution is 0.231. The van der Waals surface area contributed by atoms with Gasteiger partial charge in [0.15, 0.2) is 0 Å². The Morgan fingerprint density at radius 1 is 1.45 bits per heavy atom. The van der Waals surface area contributed by atoms with Gasteiger partial charge in [-0.1, -0.05) is 26.7 Å². The molecule has 0 aliphatic heterocycles. The maximum Gasteiger partial charge on any atom is 0.0658 e. The Morgan fingerprint density at radius 3 is 2.73 bits per heavy atom. The molecule has 1 rings (SSSR count). The van der Waals surface area contributed by atoms with Gasteiger partial charge >= 0.3 is 0 Å². The first-order valence-electron chi connectivity index (χ1n) is 4.67. The van der Waals surface area contributed by atoms with E-state index in [9.17, 15) is 0 Å². The van der Waals surface area contributed by atoms with Crippen molar-refractivity contribution in [2.45, 2.75) is 39.5 Å². The van der Waals surface area contributed by atoms with Gasteiger partial charge in [-0.2, -0.15) is 5.26 Å². The molecular weight excluding hydrogens is 134 g/mol. The fourth-order valence-electron chi connectivity index (χ4n) is 1.96. The van der Waals surface area contributed by atoms with Gasteiger partial charge in [-0.15, -0.1) is 0 Å². The molecule has 11 heavy (non-hydrogen) atoms. The highest BCUT2D eigenvalue weighted by Crippen LogP contribution is 2.34. The van der Waals surface area contributed by atoms with Gasteiger partial charge in [0.25, 0.3) is 0 Å². The lowest BCUT2D eigenvalue weighted by atomic mass is 9.75. The van der Waals surface area contributed by atoms with Crippen LogP contribution in [-0.4, -0.2) is 0 Å². The number of hydrogen-bond acceptors (Lipinski definition) is 1. The first-order valence-corrected chi connectivity index (χ1v) is 4.67. The first kappa shape index (κ1) is 8.59. The molecule has 1 fully saturated rings. The van der Waals surface area contributed by atoms with Crippen LogP contribution in [-0.2, 0) is 0 Å². The second-order valence-corrected chi connectivity index (χ2v) is 3.80. The lowest BCUT2D eigenvalue weighted by Crippen LogP contribution is -2.21. The first-order chi connectivity index (χ1) is 5.27. The molecule has 0 heterocycles. The zero-order valence-electron chi connectivity index (χ0n) is 7.51. The van der Waals surface area contributed by atoms with Crippen LogP contribution in [0.5, 0.6) is 0 Å². The molecule has 3 unspecified atom stereocenters. The van der Waals surface area contributed by atoms with Gasteiger partial charge in [0, 0.05) is 5.92 Å². The predicted octanol–water partition coefficient (Wildman–Crippen LogP) is 2.97. The highest BCUT2D eigenvalue weighted by molar-refractivity contribution is 4.91. The lowest BCUT2D eigenvalue weighted by Gasteiger charge is -2.29. The molecule has 0 aromatic rings. The molecule has 1 nitrogen and oxygen atoms in total. The fraction of sp³-hybridized carbons (Fsp3) is 0.900. The fourth-order valence-corrected chi connectivity index (χ4v) is 1.96. The summed E-state index contributed by atoms with van der Waals surface area (Å²) in [4.78, 5) is 0. The minimum absolute atomic E-state index is 0.341. The molecule has 0 amide bonds. The Hall–Kier alpha value is -0.510. The largest absolute Gasteiger partial charge is 0.198 e. The van der Waals surface area contributed by atoms with Crippen LogP contribution in [0.4, 0.5) is 0 Å². The number of nitriles is 1. The molecule has 0 aromatic heterocycles. The van der Waals surface area contributed by atoms with Crippen LogP contribution in [0.3, 0.4) is 0 Å². The summed E-state index contributed by atoms with van der Waals surface area (Å²) in [6.45, 7) is 4.44. The van der Waals surface area contributed by atoms with Gasteiger partial charge in [0.05, 0.1) is 6.07 Å². The van der Waals surface area contributed by atoms with E-state index in [1.807, 2.05) is 0 Å². The zero-order valence-corrected chi connectivity index (χ0v) is 7.51. The maximum absolute atomic E-state index is 8.82. The Bertz CT molecular complexity index is 157. The summed E-state index contributed by atoms with van der Waals surface area (Å²) >= 11 is 0. The quantitative estimate of drug-likeness (QED) is 0.565. The molecule has 62 valence electrons. The third-order valence-corrected chi connectivity index (χ3v) is 3.05. The number of rotatable bonds is 1. The van der Waals surface area contributed by atoms with E-state index >= 15 is 0 Å². The van der Waals surface area contributed by atoms with Crippen LogP contribution in [0.25, 0.3) is 0 Å². The molecule has 3 atom stereocenters. The van der Waals surface area contributed by atoms with Crippen molar-refractivity contribution in [2.24, 2.45) is 17.8 Å². The third kappa shape index (κ3) is 1.96. The number of nitrogens with zero attached hydrogens (tertiary/aromatic N) is 1. The molecule has 1 aliphatic rings. The highest BCUT2D eigenvalue weighted by Gasteiger charge is 2.26. The van der Waals surface area contributed by atoms with Crippen LogP contribution in [0.15, 0.2) is 0 Å². The van der Waals surface area contributed by atoms with Gasteiger partial charge in [-0.3, -0.25) is 0 Å². The summed E-state index contributed by atoms with van der Waals surface area (Å²) in [5.41, 5.74) is 0. The van der Waals surface area contributed by atoms with E-state index in [1.165, 1.54) is 19.3 Å². The minimum atomic E-state index is 0.341. The van der Waals surface area contributed by atoms with Crippen molar-refractivity contribution < 1.29 is 0 Å². The second kappa shape index (κ2) is 3.76. The van der Waals surface area contributed by atoms with E-state index in [-0.39, 0.29) is 0 Å². The van der Waals surface area contributed by atoms with Crippen LogP contribution in [0, 0.1) is 29.1 Å². The number of hydrogen-bond donors (Lipinski definition) is 0. The van der Waals surface area contributed by atoms with E-state index in [0.717, 1.165) is 12.3 Å². The van der Waals surface area contributed by atoms with Crippen LogP contribution >= 0.6 is 0 Å². The summed E-state index contributed by atoms with van der Waals surface area (Å²) in [6, 6.07) is 2.42. The summed E-state index contributed by atoms with van der Waals surface area (Å²) in [7, 11) is 0. The van der Waals surface area contributed by atoms with E-state index in [4.69, 9.17) is 5.26 Å². The Kier molecular flexibility index (Phi) is 2.93. The van der Waals surface area contributed by atoms with E-state index in [2.05, 4.69) is 19.9 Å². The van der Waals surface area contributed by atoms with Crippen LogP contribution in [0.2, 0.25) is 0 Å². The molecule has 0 saturated heterocycles. The van der Waals surface area contributed by atoms with Gasteiger partial charge in [0.1, 0.15) is 0 Å².